The summed E-state index contributed by atoms with van der Waals surface area (Å²) >= 11 is 0. The molecule has 1 N–H and O–H groups in total. The highest BCUT2D eigenvalue weighted by atomic mass is 16.5. The second-order valence-corrected chi connectivity index (χ2v) is 6.51. The molecule has 1 saturated heterocycles. The summed E-state index contributed by atoms with van der Waals surface area (Å²) in [5.41, 5.74) is 2.68. The van der Waals surface area contributed by atoms with Crippen LogP contribution in [0.1, 0.15) is 28.7 Å². The number of rotatable bonds is 5. The van der Waals surface area contributed by atoms with Crippen LogP contribution in [0.3, 0.4) is 0 Å². The van der Waals surface area contributed by atoms with Gasteiger partial charge < -0.3 is 14.7 Å². The Bertz CT molecular complexity index is 815. The van der Waals surface area contributed by atoms with Crippen molar-refractivity contribution in [1.82, 2.24) is 15.0 Å². The Labute approximate surface area is 158 Å². The van der Waals surface area contributed by atoms with E-state index in [4.69, 9.17) is 4.74 Å². The van der Waals surface area contributed by atoms with Crippen molar-refractivity contribution >= 4 is 5.82 Å². The van der Waals surface area contributed by atoms with Gasteiger partial charge in [-0.05, 0) is 29.3 Å². The maximum atomic E-state index is 11.4. The van der Waals surface area contributed by atoms with Crippen LogP contribution in [0, 0.1) is 0 Å². The Morgan fingerprint density at radius 3 is 2.11 bits per heavy atom. The zero-order valence-electron chi connectivity index (χ0n) is 15.0. The molecule has 1 atom stereocenters. The molecule has 6 nitrogen and oxygen atoms in total. The van der Waals surface area contributed by atoms with Gasteiger partial charge in [-0.1, -0.05) is 18.2 Å². The molecule has 4 rings (SSSR count). The third-order valence-corrected chi connectivity index (χ3v) is 4.85. The molecule has 0 amide bonds. The minimum Gasteiger partial charge on any atom is -0.387 e. The van der Waals surface area contributed by atoms with Crippen molar-refractivity contribution in [3.63, 3.8) is 0 Å². The Kier molecular flexibility index (Phi) is 5.37. The zero-order chi connectivity index (χ0) is 18.5. The van der Waals surface area contributed by atoms with Crippen molar-refractivity contribution in [1.29, 1.82) is 0 Å². The molecule has 1 unspecified atom stereocenters. The predicted octanol–water partition coefficient (Wildman–Crippen LogP) is 2.57. The zero-order valence-corrected chi connectivity index (χ0v) is 15.0. The van der Waals surface area contributed by atoms with E-state index < -0.39 is 6.10 Å². The topological polar surface area (TPSA) is 71.4 Å². The highest BCUT2D eigenvalue weighted by Gasteiger charge is 2.29. The number of morpholine rings is 1. The summed E-state index contributed by atoms with van der Waals surface area (Å²) < 4.78 is 5.46. The smallest absolute Gasteiger partial charge is 0.134 e. The van der Waals surface area contributed by atoms with Gasteiger partial charge in [0.1, 0.15) is 5.82 Å². The molecule has 138 valence electrons. The summed E-state index contributed by atoms with van der Waals surface area (Å²) in [6, 6.07) is 11.6. The van der Waals surface area contributed by atoms with E-state index >= 15 is 0 Å². The second-order valence-electron chi connectivity index (χ2n) is 6.51. The Morgan fingerprint density at radius 1 is 0.889 bits per heavy atom. The molecular weight excluding hydrogens is 340 g/mol. The fourth-order valence-corrected chi connectivity index (χ4v) is 3.54. The van der Waals surface area contributed by atoms with Gasteiger partial charge in [0.05, 0.1) is 19.3 Å². The van der Waals surface area contributed by atoms with Crippen LogP contribution >= 0.6 is 0 Å². The number of nitrogens with zero attached hydrogens (tertiary/aromatic N) is 4. The van der Waals surface area contributed by atoms with Crippen LogP contribution in [0.4, 0.5) is 5.82 Å². The van der Waals surface area contributed by atoms with Crippen LogP contribution in [0.2, 0.25) is 0 Å². The Balaban J connectivity index is 1.75. The number of hydrogen-bond acceptors (Lipinski definition) is 6. The molecule has 0 saturated carbocycles. The van der Waals surface area contributed by atoms with Crippen molar-refractivity contribution in [2.24, 2.45) is 0 Å². The first-order valence-corrected chi connectivity index (χ1v) is 9.10. The van der Waals surface area contributed by atoms with Gasteiger partial charge in [0, 0.05) is 55.6 Å². The normalized spacial score (nSPS) is 15.7. The molecule has 0 spiro atoms. The number of anilines is 1. The molecule has 0 radical (unpaired) electrons. The predicted molar refractivity (Wildman–Crippen MR) is 103 cm³/mol. The first kappa shape index (κ1) is 17.6. The Morgan fingerprint density at radius 2 is 1.52 bits per heavy atom. The van der Waals surface area contributed by atoms with Crippen molar-refractivity contribution < 1.29 is 9.84 Å². The van der Waals surface area contributed by atoms with Gasteiger partial charge >= 0.3 is 0 Å². The van der Waals surface area contributed by atoms with Crippen LogP contribution in [-0.2, 0) is 4.74 Å². The van der Waals surface area contributed by atoms with Gasteiger partial charge in [0.15, 0.2) is 0 Å². The molecule has 3 aromatic rings. The van der Waals surface area contributed by atoms with Crippen molar-refractivity contribution in [3.05, 3.63) is 84.1 Å². The fourth-order valence-electron chi connectivity index (χ4n) is 3.54. The van der Waals surface area contributed by atoms with Crippen LogP contribution in [0.25, 0.3) is 0 Å². The number of aromatic nitrogens is 3. The standard InChI is InChI=1S/C21H22N4O2/c26-20(18-6-3-9-24-21(18)25-10-12-27-13-11-25)19(16-4-1-7-22-14-16)17-5-2-8-23-15-17/h1-9,14-15,19-20,26H,10-13H2. The average Bonchev–Trinajstić information content (AvgIpc) is 2.76. The lowest BCUT2D eigenvalue weighted by Crippen LogP contribution is -2.37. The van der Waals surface area contributed by atoms with Gasteiger partial charge in [-0.15, -0.1) is 0 Å². The van der Waals surface area contributed by atoms with Crippen LogP contribution in [0.15, 0.2) is 67.4 Å². The molecule has 1 fully saturated rings. The minimum atomic E-state index is -0.773. The molecule has 27 heavy (non-hydrogen) atoms. The van der Waals surface area contributed by atoms with E-state index in [1.807, 2.05) is 36.4 Å². The molecule has 0 aliphatic carbocycles. The third kappa shape index (κ3) is 3.82. The minimum absolute atomic E-state index is 0.281. The lowest BCUT2D eigenvalue weighted by molar-refractivity contribution is 0.121. The van der Waals surface area contributed by atoms with E-state index in [1.165, 1.54) is 0 Å². The van der Waals surface area contributed by atoms with Crippen molar-refractivity contribution in [2.45, 2.75) is 12.0 Å². The van der Waals surface area contributed by atoms with E-state index in [0.29, 0.717) is 13.2 Å². The number of ether oxygens (including phenoxy) is 1. The van der Waals surface area contributed by atoms with Crippen molar-refractivity contribution in [3.8, 4) is 0 Å². The van der Waals surface area contributed by atoms with Crippen LogP contribution in [-0.4, -0.2) is 46.4 Å². The molecule has 6 heteroatoms. The van der Waals surface area contributed by atoms with E-state index in [1.54, 1.807) is 31.0 Å². The van der Waals surface area contributed by atoms with Gasteiger partial charge in [-0.3, -0.25) is 9.97 Å². The Hall–Kier alpha value is -2.83. The quantitative estimate of drug-likeness (QED) is 0.752. The highest BCUT2D eigenvalue weighted by Crippen LogP contribution is 2.39. The summed E-state index contributed by atoms with van der Waals surface area (Å²) in [7, 11) is 0. The number of pyridine rings is 3. The number of aliphatic hydroxyl groups excluding tert-OH is 1. The van der Waals surface area contributed by atoms with Gasteiger partial charge in [-0.2, -0.15) is 0 Å². The molecule has 0 aromatic carbocycles. The summed E-state index contributed by atoms with van der Waals surface area (Å²) in [6.07, 6.45) is 8.06. The van der Waals surface area contributed by atoms with Crippen LogP contribution in [0.5, 0.6) is 0 Å². The lowest BCUT2D eigenvalue weighted by Gasteiger charge is -2.32. The summed E-state index contributed by atoms with van der Waals surface area (Å²) in [4.78, 5) is 15.2. The first-order chi connectivity index (χ1) is 13.3. The maximum Gasteiger partial charge on any atom is 0.134 e. The highest BCUT2D eigenvalue weighted by molar-refractivity contribution is 5.50. The van der Waals surface area contributed by atoms with E-state index in [-0.39, 0.29) is 5.92 Å². The number of aliphatic hydroxyl groups is 1. The van der Waals surface area contributed by atoms with Crippen LogP contribution < -0.4 is 4.90 Å². The molecule has 0 bridgehead atoms. The fraction of sp³-hybridized carbons (Fsp3) is 0.286. The lowest BCUT2D eigenvalue weighted by atomic mass is 9.85. The largest absolute Gasteiger partial charge is 0.387 e. The molecule has 4 heterocycles. The average molecular weight is 362 g/mol. The third-order valence-electron chi connectivity index (χ3n) is 4.85. The first-order valence-electron chi connectivity index (χ1n) is 9.10. The summed E-state index contributed by atoms with van der Waals surface area (Å²) in [5.74, 6) is 0.530. The monoisotopic (exact) mass is 362 g/mol. The molecule has 1 aliphatic rings. The molecular formula is C21H22N4O2. The van der Waals surface area contributed by atoms with E-state index in [2.05, 4.69) is 19.9 Å². The second kappa shape index (κ2) is 8.24. The van der Waals surface area contributed by atoms with Gasteiger partial charge in [-0.25, -0.2) is 4.98 Å². The summed E-state index contributed by atoms with van der Waals surface area (Å²) in [5, 5.41) is 11.4. The van der Waals surface area contributed by atoms with Gasteiger partial charge in [0.2, 0.25) is 0 Å². The maximum absolute atomic E-state index is 11.4. The van der Waals surface area contributed by atoms with Gasteiger partial charge in [0.25, 0.3) is 0 Å². The number of hydrogen-bond donors (Lipinski definition) is 1. The SMILES string of the molecule is OC(c1cccnc1N1CCOCC1)C(c1cccnc1)c1cccnc1. The van der Waals surface area contributed by atoms with Crippen molar-refractivity contribution in [2.75, 3.05) is 31.2 Å². The van der Waals surface area contributed by atoms with E-state index in [9.17, 15) is 5.11 Å². The molecule has 1 aliphatic heterocycles. The molecule has 3 aromatic heterocycles. The van der Waals surface area contributed by atoms with E-state index in [0.717, 1.165) is 35.6 Å². The summed E-state index contributed by atoms with van der Waals surface area (Å²) in [6.45, 7) is 2.86.